The summed E-state index contributed by atoms with van der Waals surface area (Å²) in [6, 6.07) is 6.96. The lowest BCUT2D eigenvalue weighted by Crippen LogP contribution is -2.42. The smallest absolute Gasteiger partial charge is 0.136 e. The molecular weight excluding hydrogens is 342 g/mol. The molecule has 147 valence electrons. The minimum Gasteiger partial charge on any atom is -0.543 e. The molecule has 1 radical (unpaired) electrons. The molecule has 0 fully saturated rings. The van der Waals surface area contributed by atoms with Crippen LogP contribution in [0.3, 0.4) is 0 Å². The molecule has 0 saturated carbocycles. The molecule has 1 rings (SSSR count). The quantitative estimate of drug-likeness (QED) is 0.411. The fourth-order valence-corrected chi connectivity index (χ4v) is 1.41. The monoisotopic (exact) mass is 367 g/mol. The average molecular weight is 367 g/mol. The van der Waals surface area contributed by atoms with Crippen LogP contribution >= 0.6 is 0 Å². The Morgan fingerprint density at radius 2 is 1.62 bits per heavy atom. The van der Waals surface area contributed by atoms with Crippen molar-refractivity contribution in [2.45, 2.75) is 32.7 Å². The third-order valence-electron chi connectivity index (χ3n) is 2.76. The second kappa shape index (κ2) is 15.8. The summed E-state index contributed by atoms with van der Waals surface area (Å²) in [5, 5.41) is 27.4. The van der Waals surface area contributed by atoms with E-state index < -0.39 is 18.0 Å². The summed E-state index contributed by atoms with van der Waals surface area (Å²) < 4.78 is 0. The Bertz CT molecular complexity index is 510. The van der Waals surface area contributed by atoms with E-state index in [1.807, 2.05) is 18.3 Å². The molecule has 0 N–H and O–H groups in total. The lowest BCUT2D eigenvalue weighted by Gasteiger charge is -2.15. The molecule has 0 atom stereocenters. The van der Waals surface area contributed by atoms with E-state index in [9.17, 15) is 9.90 Å². The van der Waals surface area contributed by atoms with E-state index in [-0.39, 0.29) is 0 Å². The van der Waals surface area contributed by atoms with Crippen molar-refractivity contribution in [1.82, 2.24) is 14.8 Å². The Balaban J connectivity index is 0. The number of hydrogen-bond donors (Lipinski definition) is 0. The minimum absolute atomic E-state index is 0.907. The molecule has 1 heterocycles. The Morgan fingerprint density at radius 1 is 1.08 bits per heavy atom. The van der Waals surface area contributed by atoms with Crippen molar-refractivity contribution in [3.63, 3.8) is 0 Å². The standard InChI is InChI=1S/C12H19N2.C3H7NO2.C2H2O4/c1-3-4-7-10-14(2)11-12-8-5-6-9-13-12;1-4(2)3(5)6;3-1(4)2(5)6/h5-6,9H,3-4,7,10-11H2,1-2H3;1-2H3,(H,5,6);(H,3,4)(H,5,6)/p-3. The van der Waals surface area contributed by atoms with Crippen molar-refractivity contribution in [2.24, 2.45) is 0 Å². The summed E-state index contributed by atoms with van der Waals surface area (Å²) in [6.07, 6.45) is 4.54. The third kappa shape index (κ3) is 17.7. The van der Waals surface area contributed by atoms with Gasteiger partial charge in [0.1, 0.15) is 6.09 Å². The SMILES string of the molecule is CCCCCN(C)Cc1[c]cccn1.CN(C)C(=O)[O-].O=C([O-])C(=O)[O-]. The molecule has 1 aromatic heterocycles. The topological polar surface area (TPSA) is 140 Å². The maximum atomic E-state index is 9.51. The van der Waals surface area contributed by atoms with Crippen LogP contribution in [0, 0.1) is 6.07 Å². The van der Waals surface area contributed by atoms with Gasteiger partial charge >= 0.3 is 0 Å². The first-order chi connectivity index (χ1) is 12.1. The molecule has 1 aromatic rings. The second-order valence-corrected chi connectivity index (χ2v) is 5.41. The van der Waals surface area contributed by atoms with Gasteiger partial charge in [-0.1, -0.05) is 25.8 Å². The molecule has 9 nitrogen and oxygen atoms in total. The van der Waals surface area contributed by atoms with Crippen LogP contribution in [-0.4, -0.2) is 60.5 Å². The number of amides is 1. The molecule has 26 heavy (non-hydrogen) atoms. The number of pyridine rings is 1. The van der Waals surface area contributed by atoms with Gasteiger partial charge in [-0.2, -0.15) is 0 Å². The number of carboxylic acid groups (broad SMARTS) is 3. The molecule has 0 aliphatic rings. The summed E-state index contributed by atoms with van der Waals surface area (Å²) in [4.78, 5) is 34.9. The fraction of sp³-hybridized carbons (Fsp3) is 0.529. The Labute approximate surface area is 153 Å². The Morgan fingerprint density at radius 3 is 1.96 bits per heavy atom. The Hall–Kier alpha value is -2.68. The van der Waals surface area contributed by atoms with Crippen LogP contribution in [0.4, 0.5) is 4.79 Å². The molecule has 0 aliphatic heterocycles. The minimum atomic E-state index is -2.19. The van der Waals surface area contributed by atoms with E-state index in [4.69, 9.17) is 19.8 Å². The summed E-state index contributed by atoms with van der Waals surface area (Å²) in [7, 11) is 4.96. The highest BCUT2D eigenvalue weighted by Gasteiger charge is 1.99. The van der Waals surface area contributed by atoms with Gasteiger partial charge in [0.25, 0.3) is 0 Å². The largest absolute Gasteiger partial charge is 0.543 e. The van der Waals surface area contributed by atoms with Crippen LogP contribution in [0.1, 0.15) is 31.9 Å². The van der Waals surface area contributed by atoms with E-state index in [0.717, 1.165) is 23.7 Å². The van der Waals surface area contributed by atoms with Crippen molar-refractivity contribution in [2.75, 3.05) is 27.7 Å². The van der Waals surface area contributed by atoms with Crippen LogP contribution in [-0.2, 0) is 16.1 Å². The van der Waals surface area contributed by atoms with Crippen molar-refractivity contribution in [3.05, 3.63) is 30.1 Å². The maximum Gasteiger partial charge on any atom is 0.136 e. The summed E-state index contributed by atoms with van der Waals surface area (Å²) in [6.45, 7) is 4.29. The molecule has 0 unspecified atom stereocenters. The lowest BCUT2D eigenvalue weighted by atomic mass is 10.2. The summed E-state index contributed by atoms with van der Waals surface area (Å²) in [5.74, 6) is -4.37. The van der Waals surface area contributed by atoms with Gasteiger partial charge in [0, 0.05) is 32.9 Å². The fourth-order valence-electron chi connectivity index (χ4n) is 1.41. The van der Waals surface area contributed by atoms with Gasteiger partial charge in [0.15, 0.2) is 0 Å². The van der Waals surface area contributed by atoms with Gasteiger partial charge in [-0.05, 0) is 26.1 Å². The number of aliphatic carboxylic acids is 2. The van der Waals surface area contributed by atoms with E-state index in [0.29, 0.717) is 0 Å². The highest BCUT2D eigenvalue weighted by Crippen LogP contribution is 2.01. The van der Waals surface area contributed by atoms with Gasteiger partial charge in [0.05, 0.1) is 17.6 Å². The van der Waals surface area contributed by atoms with Crippen LogP contribution < -0.4 is 15.3 Å². The summed E-state index contributed by atoms with van der Waals surface area (Å²) in [5.41, 5.74) is 1.03. The van der Waals surface area contributed by atoms with Gasteiger partial charge in [-0.15, -0.1) is 0 Å². The number of aromatic nitrogens is 1. The predicted molar refractivity (Wildman–Crippen MR) is 88.0 cm³/mol. The zero-order valence-electron chi connectivity index (χ0n) is 15.6. The first kappa shape index (κ1) is 25.6. The molecule has 9 heteroatoms. The third-order valence-corrected chi connectivity index (χ3v) is 2.76. The van der Waals surface area contributed by atoms with E-state index in [1.165, 1.54) is 33.4 Å². The van der Waals surface area contributed by atoms with Crippen LogP contribution in [0.2, 0.25) is 0 Å². The van der Waals surface area contributed by atoms with E-state index in [1.54, 1.807) is 0 Å². The molecule has 0 spiro atoms. The number of unbranched alkanes of at least 4 members (excludes halogenated alkanes) is 2. The van der Waals surface area contributed by atoms with Crippen molar-refractivity contribution in [1.29, 1.82) is 0 Å². The summed E-state index contributed by atoms with van der Waals surface area (Å²) >= 11 is 0. The molecule has 0 aromatic carbocycles. The predicted octanol–water partition coefficient (Wildman–Crippen LogP) is -2.12. The zero-order chi connectivity index (χ0) is 20.5. The number of carboxylic acids is 2. The second-order valence-electron chi connectivity index (χ2n) is 5.41. The maximum absolute atomic E-state index is 9.51. The highest BCUT2D eigenvalue weighted by molar-refractivity contribution is 6.25. The average Bonchev–Trinajstić information content (AvgIpc) is 2.57. The van der Waals surface area contributed by atoms with Crippen LogP contribution in [0.25, 0.3) is 0 Å². The van der Waals surface area contributed by atoms with Crippen molar-refractivity contribution < 1.29 is 29.7 Å². The number of hydrogen-bond acceptors (Lipinski definition) is 8. The van der Waals surface area contributed by atoms with Gasteiger partial charge in [0.2, 0.25) is 0 Å². The number of carbonyl (C=O) groups excluding carboxylic acids is 3. The molecule has 0 saturated heterocycles. The Kier molecular flexibility index (Phi) is 15.6. The molecule has 1 amide bonds. The van der Waals surface area contributed by atoms with Gasteiger partial charge in [-0.25, -0.2) is 0 Å². The first-order valence-electron chi connectivity index (χ1n) is 7.92. The van der Waals surface area contributed by atoms with Gasteiger partial charge < -0.3 is 39.5 Å². The van der Waals surface area contributed by atoms with Crippen LogP contribution in [0.15, 0.2) is 18.3 Å². The van der Waals surface area contributed by atoms with Gasteiger partial charge in [-0.3, -0.25) is 4.98 Å². The van der Waals surface area contributed by atoms with Crippen molar-refractivity contribution in [3.8, 4) is 0 Å². The van der Waals surface area contributed by atoms with E-state index >= 15 is 0 Å². The number of rotatable bonds is 6. The molecule has 0 aliphatic carbocycles. The number of nitrogens with zero attached hydrogens (tertiary/aromatic N) is 3. The normalized spacial score (nSPS) is 9.27. The van der Waals surface area contributed by atoms with E-state index in [2.05, 4.69) is 29.9 Å². The molecule has 0 bridgehead atoms. The zero-order valence-corrected chi connectivity index (χ0v) is 15.6. The first-order valence-corrected chi connectivity index (χ1v) is 7.92. The highest BCUT2D eigenvalue weighted by atomic mass is 16.4. The van der Waals surface area contributed by atoms with Crippen LogP contribution in [0.5, 0.6) is 0 Å². The number of carbonyl (C=O) groups is 3. The van der Waals surface area contributed by atoms with Crippen molar-refractivity contribution >= 4 is 18.0 Å². The lowest BCUT2D eigenvalue weighted by molar-refractivity contribution is -0.345. The molecular formula is C17H25N3O6-3.